The first-order valence-corrected chi connectivity index (χ1v) is 7.44. The quantitative estimate of drug-likeness (QED) is 0.803. The van der Waals surface area contributed by atoms with Crippen LogP contribution in [0, 0.1) is 0 Å². The van der Waals surface area contributed by atoms with Crippen molar-refractivity contribution in [3.63, 3.8) is 0 Å². The average molecular weight is 297 g/mol. The topological polar surface area (TPSA) is 92.9 Å². The Hall–Kier alpha value is -2.47. The maximum atomic E-state index is 12.2. The number of anilines is 2. The molecule has 114 valence electrons. The van der Waals surface area contributed by atoms with Gasteiger partial charge in [0.15, 0.2) is 0 Å². The number of nitrogens with two attached hydrogens (primary N) is 1. The number of hydrogen-bond acceptors (Lipinski definition) is 5. The first-order chi connectivity index (χ1) is 10.7. The van der Waals surface area contributed by atoms with Crippen LogP contribution < -0.4 is 16.4 Å². The maximum Gasteiger partial charge on any atom is 0.241 e. The highest BCUT2D eigenvalue weighted by Gasteiger charge is 2.20. The second kappa shape index (κ2) is 6.53. The Morgan fingerprint density at radius 2 is 1.86 bits per heavy atom. The van der Waals surface area contributed by atoms with Crippen LogP contribution in [0.15, 0.2) is 36.7 Å². The molecule has 0 spiro atoms. The van der Waals surface area contributed by atoms with Gasteiger partial charge in [-0.05, 0) is 37.1 Å². The van der Waals surface area contributed by atoms with E-state index in [1.807, 2.05) is 24.3 Å². The van der Waals surface area contributed by atoms with Gasteiger partial charge >= 0.3 is 0 Å². The number of piperidine rings is 1. The van der Waals surface area contributed by atoms with Gasteiger partial charge in [0, 0.05) is 23.6 Å². The van der Waals surface area contributed by atoms with E-state index in [0.29, 0.717) is 0 Å². The van der Waals surface area contributed by atoms with Crippen molar-refractivity contribution in [2.45, 2.75) is 25.3 Å². The molecule has 6 heteroatoms. The highest BCUT2D eigenvalue weighted by atomic mass is 16.2. The summed E-state index contributed by atoms with van der Waals surface area (Å²) in [5.41, 5.74) is 8.14. The van der Waals surface area contributed by atoms with Gasteiger partial charge in [0.2, 0.25) is 11.9 Å². The fraction of sp³-hybridized carbons (Fsp3) is 0.312. The smallest absolute Gasteiger partial charge is 0.241 e. The Balaban J connectivity index is 1.66. The monoisotopic (exact) mass is 297 g/mol. The molecule has 3 rings (SSSR count). The highest BCUT2D eigenvalue weighted by molar-refractivity contribution is 5.95. The van der Waals surface area contributed by atoms with Crippen LogP contribution in [-0.4, -0.2) is 28.5 Å². The molecule has 2 heterocycles. The third kappa shape index (κ3) is 3.40. The summed E-state index contributed by atoms with van der Waals surface area (Å²) in [6, 6.07) is 7.54. The summed E-state index contributed by atoms with van der Waals surface area (Å²) >= 11 is 0. The Bertz CT molecular complexity index is 633. The third-order valence-electron chi connectivity index (χ3n) is 3.78. The zero-order valence-electron chi connectivity index (χ0n) is 12.2. The third-order valence-corrected chi connectivity index (χ3v) is 3.78. The van der Waals surface area contributed by atoms with Gasteiger partial charge < -0.3 is 16.4 Å². The molecule has 0 radical (unpaired) electrons. The number of rotatable bonds is 3. The fourth-order valence-electron chi connectivity index (χ4n) is 2.54. The first-order valence-electron chi connectivity index (χ1n) is 7.44. The molecule has 0 saturated carbocycles. The second-order valence-corrected chi connectivity index (χ2v) is 5.40. The van der Waals surface area contributed by atoms with Crippen molar-refractivity contribution in [1.82, 2.24) is 15.3 Å². The number of nitrogen functional groups attached to an aromatic ring is 1. The van der Waals surface area contributed by atoms with Crippen LogP contribution in [0.2, 0.25) is 0 Å². The molecule has 1 aromatic heterocycles. The zero-order valence-corrected chi connectivity index (χ0v) is 12.2. The van der Waals surface area contributed by atoms with Crippen LogP contribution >= 0.6 is 0 Å². The van der Waals surface area contributed by atoms with Crippen molar-refractivity contribution >= 4 is 17.5 Å². The van der Waals surface area contributed by atoms with Gasteiger partial charge in [-0.2, -0.15) is 0 Å². The number of benzene rings is 1. The molecular formula is C16H19N5O. The molecule has 2 aromatic rings. The van der Waals surface area contributed by atoms with E-state index in [2.05, 4.69) is 20.6 Å². The van der Waals surface area contributed by atoms with Gasteiger partial charge in [0.05, 0.1) is 6.04 Å². The van der Waals surface area contributed by atoms with Crippen LogP contribution in [0.25, 0.3) is 11.1 Å². The zero-order chi connectivity index (χ0) is 15.4. The van der Waals surface area contributed by atoms with Crippen LogP contribution in [0.4, 0.5) is 11.6 Å². The number of nitrogens with one attached hydrogen (secondary N) is 2. The second-order valence-electron chi connectivity index (χ2n) is 5.40. The number of hydrogen-bond donors (Lipinski definition) is 3. The van der Waals surface area contributed by atoms with Crippen LogP contribution in [-0.2, 0) is 4.79 Å². The van der Waals surface area contributed by atoms with E-state index in [0.717, 1.165) is 42.6 Å². The number of nitrogens with zero attached hydrogens (tertiary/aromatic N) is 2. The lowest BCUT2D eigenvalue weighted by Crippen LogP contribution is -2.43. The lowest BCUT2D eigenvalue weighted by atomic mass is 10.0. The van der Waals surface area contributed by atoms with Gasteiger partial charge in [0.1, 0.15) is 0 Å². The minimum Gasteiger partial charge on any atom is -0.368 e. The van der Waals surface area contributed by atoms with E-state index in [1.165, 1.54) is 0 Å². The van der Waals surface area contributed by atoms with Crippen molar-refractivity contribution in [3.05, 3.63) is 36.7 Å². The summed E-state index contributed by atoms with van der Waals surface area (Å²) in [6.07, 6.45) is 6.50. The fourth-order valence-corrected chi connectivity index (χ4v) is 2.54. The van der Waals surface area contributed by atoms with Crippen LogP contribution in [0.5, 0.6) is 0 Å². The lowest BCUT2D eigenvalue weighted by Gasteiger charge is -2.22. The van der Waals surface area contributed by atoms with Crippen LogP contribution in [0.3, 0.4) is 0 Å². The molecule has 0 aliphatic carbocycles. The minimum absolute atomic E-state index is 0.0308. The molecule has 1 fully saturated rings. The van der Waals surface area contributed by atoms with Crippen molar-refractivity contribution in [1.29, 1.82) is 0 Å². The van der Waals surface area contributed by atoms with E-state index in [1.54, 1.807) is 12.4 Å². The summed E-state index contributed by atoms with van der Waals surface area (Å²) in [6.45, 7) is 0.911. The lowest BCUT2D eigenvalue weighted by molar-refractivity contribution is -0.118. The molecular weight excluding hydrogens is 278 g/mol. The Morgan fingerprint density at radius 1 is 1.14 bits per heavy atom. The van der Waals surface area contributed by atoms with Crippen molar-refractivity contribution in [2.75, 3.05) is 17.6 Å². The summed E-state index contributed by atoms with van der Waals surface area (Å²) < 4.78 is 0. The predicted octanol–water partition coefficient (Wildman–Crippen LogP) is 1.81. The van der Waals surface area contributed by atoms with Crippen molar-refractivity contribution in [2.24, 2.45) is 0 Å². The van der Waals surface area contributed by atoms with Crippen molar-refractivity contribution < 1.29 is 4.79 Å². The van der Waals surface area contributed by atoms with E-state index in [-0.39, 0.29) is 17.9 Å². The highest BCUT2D eigenvalue weighted by Crippen LogP contribution is 2.20. The molecule has 22 heavy (non-hydrogen) atoms. The molecule has 1 atom stereocenters. The molecule has 1 aromatic carbocycles. The largest absolute Gasteiger partial charge is 0.368 e. The molecule has 4 N–H and O–H groups in total. The Kier molecular flexibility index (Phi) is 4.29. The number of aromatic nitrogens is 2. The summed E-state index contributed by atoms with van der Waals surface area (Å²) in [4.78, 5) is 20.1. The van der Waals surface area contributed by atoms with Gasteiger partial charge in [-0.15, -0.1) is 0 Å². The average Bonchev–Trinajstić information content (AvgIpc) is 2.57. The van der Waals surface area contributed by atoms with Gasteiger partial charge in [-0.25, -0.2) is 9.97 Å². The van der Waals surface area contributed by atoms with Crippen LogP contribution in [0.1, 0.15) is 19.3 Å². The Morgan fingerprint density at radius 3 is 2.50 bits per heavy atom. The minimum atomic E-state index is -0.0843. The molecule has 1 saturated heterocycles. The standard InChI is InChI=1S/C16H19N5O/c17-16-19-9-12(10-20-16)11-4-6-13(7-5-11)21-15(22)14-3-1-2-8-18-14/h4-7,9-10,14,18H,1-3,8H2,(H,21,22)(H2,17,19,20)/t14-/m0/s1. The molecule has 0 unspecified atom stereocenters. The van der Waals surface area contributed by atoms with E-state index in [4.69, 9.17) is 5.73 Å². The van der Waals surface area contributed by atoms with Gasteiger partial charge in [-0.1, -0.05) is 18.6 Å². The first kappa shape index (κ1) is 14.5. The SMILES string of the molecule is Nc1ncc(-c2ccc(NC(=O)[C@@H]3CCCCN3)cc2)cn1. The molecule has 1 aliphatic rings. The normalized spacial score (nSPS) is 17.9. The molecule has 1 amide bonds. The number of carbonyl (C=O) groups excluding carboxylic acids is 1. The summed E-state index contributed by atoms with van der Waals surface area (Å²) in [5.74, 6) is 0.288. The Labute approximate surface area is 129 Å². The van der Waals surface area contributed by atoms with E-state index >= 15 is 0 Å². The van der Waals surface area contributed by atoms with Gasteiger partial charge in [-0.3, -0.25) is 4.79 Å². The summed E-state index contributed by atoms with van der Waals surface area (Å²) in [5, 5.41) is 6.19. The maximum absolute atomic E-state index is 12.2. The van der Waals surface area contributed by atoms with Crippen molar-refractivity contribution in [3.8, 4) is 11.1 Å². The van der Waals surface area contributed by atoms with Gasteiger partial charge in [0.25, 0.3) is 0 Å². The number of carbonyl (C=O) groups is 1. The van der Waals surface area contributed by atoms with E-state index in [9.17, 15) is 4.79 Å². The number of amides is 1. The summed E-state index contributed by atoms with van der Waals surface area (Å²) in [7, 11) is 0. The molecule has 0 bridgehead atoms. The molecule has 1 aliphatic heterocycles. The predicted molar refractivity (Wildman–Crippen MR) is 86.2 cm³/mol. The van der Waals surface area contributed by atoms with E-state index < -0.39 is 0 Å². The molecule has 6 nitrogen and oxygen atoms in total.